The van der Waals surface area contributed by atoms with E-state index in [0.717, 1.165) is 24.1 Å². The van der Waals surface area contributed by atoms with Gasteiger partial charge in [-0.2, -0.15) is 0 Å². The second-order valence-corrected chi connectivity index (χ2v) is 7.27. The Labute approximate surface area is 147 Å². The van der Waals surface area contributed by atoms with Gasteiger partial charge < -0.3 is 10.2 Å². The quantitative estimate of drug-likeness (QED) is 0.860. The number of hydrogen-bond donors (Lipinski definition) is 1. The summed E-state index contributed by atoms with van der Waals surface area (Å²) in [7, 11) is 1.66. The van der Waals surface area contributed by atoms with Crippen molar-refractivity contribution in [3.05, 3.63) is 51.2 Å². The van der Waals surface area contributed by atoms with Crippen molar-refractivity contribution < 1.29 is 9.59 Å². The third-order valence-corrected chi connectivity index (χ3v) is 4.89. The molecule has 0 unspecified atom stereocenters. The predicted molar refractivity (Wildman–Crippen MR) is 99.8 cm³/mol. The van der Waals surface area contributed by atoms with E-state index in [-0.39, 0.29) is 18.4 Å². The van der Waals surface area contributed by atoms with Gasteiger partial charge in [0.05, 0.1) is 11.4 Å². The van der Waals surface area contributed by atoms with Gasteiger partial charge in [-0.15, -0.1) is 11.3 Å². The molecule has 1 aromatic heterocycles. The van der Waals surface area contributed by atoms with Crippen molar-refractivity contribution in [2.75, 3.05) is 18.9 Å². The lowest BCUT2D eigenvalue weighted by Crippen LogP contribution is -2.34. The Morgan fingerprint density at radius 1 is 1.17 bits per heavy atom. The van der Waals surface area contributed by atoms with Crippen LogP contribution in [0.15, 0.2) is 30.3 Å². The zero-order valence-corrected chi connectivity index (χ0v) is 15.5. The fourth-order valence-electron chi connectivity index (χ4n) is 2.46. The maximum atomic E-state index is 12.5. The zero-order chi connectivity index (χ0) is 17.7. The molecule has 0 spiro atoms. The Balaban J connectivity index is 1.96. The van der Waals surface area contributed by atoms with E-state index in [9.17, 15) is 9.59 Å². The van der Waals surface area contributed by atoms with Crippen molar-refractivity contribution in [1.29, 1.82) is 0 Å². The molecule has 0 fully saturated rings. The highest BCUT2D eigenvalue weighted by Crippen LogP contribution is 2.24. The Morgan fingerprint density at radius 2 is 1.83 bits per heavy atom. The van der Waals surface area contributed by atoms with Crippen LogP contribution in [0.1, 0.15) is 39.0 Å². The van der Waals surface area contributed by atoms with E-state index in [2.05, 4.69) is 12.2 Å². The van der Waals surface area contributed by atoms with E-state index >= 15 is 0 Å². The smallest absolute Gasteiger partial charge is 0.264 e. The van der Waals surface area contributed by atoms with E-state index in [1.165, 1.54) is 26.7 Å². The molecule has 0 aliphatic rings. The lowest BCUT2D eigenvalue weighted by atomic mass is 10.1. The second kappa shape index (κ2) is 8.11. The van der Waals surface area contributed by atoms with Crippen LogP contribution in [0.3, 0.4) is 0 Å². The second-order valence-electron chi connectivity index (χ2n) is 6.02. The largest absolute Gasteiger partial charge is 0.332 e. The number of amides is 2. The molecule has 0 aliphatic heterocycles. The van der Waals surface area contributed by atoms with Gasteiger partial charge in [-0.25, -0.2) is 0 Å². The minimum absolute atomic E-state index is 0.0345. The number of hydrogen-bond acceptors (Lipinski definition) is 3. The third-order valence-electron chi connectivity index (χ3n) is 3.81. The summed E-state index contributed by atoms with van der Waals surface area (Å²) in [5.41, 5.74) is 3.10. The lowest BCUT2D eigenvalue weighted by molar-refractivity contribution is -0.116. The van der Waals surface area contributed by atoms with Crippen molar-refractivity contribution in [3.63, 3.8) is 0 Å². The highest BCUT2D eigenvalue weighted by Gasteiger charge is 2.18. The van der Waals surface area contributed by atoms with Crippen molar-refractivity contribution in [1.82, 2.24) is 4.90 Å². The molecule has 2 amide bonds. The molecular weight excluding hydrogens is 320 g/mol. The van der Waals surface area contributed by atoms with E-state index in [1.54, 1.807) is 7.05 Å². The van der Waals surface area contributed by atoms with Crippen LogP contribution in [-0.4, -0.2) is 30.3 Å². The standard InChI is InChI=1S/C19H24N2O2S/c1-5-6-15-11-17(24-14(15)3)19(23)21(4)12-18(22)20-16-9-7-13(2)8-10-16/h7-11H,5-6,12H2,1-4H3,(H,20,22). The van der Waals surface area contributed by atoms with Gasteiger partial charge in [-0.1, -0.05) is 31.0 Å². The summed E-state index contributed by atoms with van der Waals surface area (Å²) < 4.78 is 0. The Morgan fingerprint density at radius 3 is 2.46 bits per heavy atom. The first-order valence-corrected chi connectivity index (χ1v) is 8.93. The van der Waals surface area contributed by atoms with Crippen molar-refractivity contribution >= 4 is 28.8 Å². The lowest BCUT2D eigenvalue weighted by Gasteiger charge is -2.16. The van der Waals surface area contributed by atoms with Gasteiger partial charge in [-0.3, -0.25) is 9.59 Å². The molecule has 5 heteroatoms. The molecule has 2 rings (SSSR count). The van der Waals surface area contributed by atoms with Crippen LogP contribution in [0, 0.1) is 13.8 Å². The molecule has 0 aliphatic carbocycles. The van der Waals surface area contributed by atoms with E-state index in [4.69, 9.17) is 0 Å². The minimum Gasteiger partial charge on any atom is -0.332 e. The van der Waals surface area contributed by atoms with Crippen LogP contribution in [0.4, 0.5) is 5.69 Å². The van der Waals surface area contributed by atoms with Gasteiger partial charge in [0.25, 0.3) is 5.91 Å². The van der Waals surface area contributed by atoms with Gasteiger partial charge in [0.2, 0.25) is 5.91 Å². The normalized spacial score (nSPS) is 10.5. The van der Waals surface area contributed by atoms with Crippen LogP contribution in [0.25, 0.3) is 0 Å². The number of nitrogens with one attached hydrogen (secondary N) is 1. The first-order valence-electron chi connectivity index (χ1n) is 8.12. The third kappa shape index (κ3) is 4.68. The molecule has 128 valence electrons. The summed E-state index contributed by atoms with van der Waals surface area (Å²) in [6.07, 6.45) is 2.03. The van der Waals surface area contributed by atoms with Gasteiger partial charge >= 0.3 is 0 Å². The summed E-state index contributed by atoms with van der Waals surface area (Å²) in [6.45, 7) is 6.19. The number of thiophene rings is 1. The Hall–Kier alpha value is -2.14. The van der Waals surface area contributed by atoms with Crippen LogP contribution in [0.2, 0.25) is 0 Å². The summed E-state index contributed by atoms with van der Waals surface area (Å²) in [5.74, 6) is -0.304. The van der Waals surface area contributed by atoms with Crippen molar-refractivity contribution in [2.45, 2.75) is 33.6 Å². The number of nitrogens with zero attached hydrogens (tertiary/aromatic N) is 1. The summed E-state index contributed by atoms with van der Waals surface area (Å²) >= 11 is 1.50. The molecule has 1 aromatic carbocycles. The number of likely N-dealkylation sites (N-methyl/N-ethyl adjacent to an activating group) is 1. The molecule has 1 N–H and O–H groups in total. The number of aryl methyl sites for hydroxylation is 3. The van der Waals surface area contributed by atoms with Crippen LogP contribution in [-0.2, 0) is 11.2 Å². The van der Waals surface area contributed by atoms with Gasteiger partial charge in [0.15, 0.2) is 0 Å². The van der Waals surface area contributed by atoms with E-state index < -0.39 is 0 Å². The summed E-state index contributed by atoms with van der Waals surface area (Å²) in [5, 5.41) is 2.81. The predicted octanol–water partition coefficient (Wildman–Crippen LogP) is 4.03. The van der Waals surface area contributed by atoms with Crippen LogP contribution in [0.5, 0.6) is 0 Å². The molecule has 0 saturated carbocycles. The maximum Gasteiger partial charge on any atom is 0.264 e. The fraction of sp³-hybridized carbons (Fsp3) is 0.368. The zero-order valence-electron chi connectivity index (χ0n) is 14.7. The van der Waals surface area contributed by atoms with Gasteiger partial charge in [0, 0.05) is 17.6 Å². The van der Waals surface area contributed by atoms with E-state index in [0.29, 0.717) is 4.88 Å². The number of carbonyl (C=O) groups excluding carboxylic acids is 2. The molecule has 0 radical (unpaired) electrons. The molecule has 24 heavy (non-hydrogen) atoms. The van der Waals surface area contributed by atoms with Gasteiger partial charge in [0.1, 0.15) is 0 Å². The maximum absolute atomic E-state index is 12.5. The number of benzene rings is 1. The minimum atomic E-state index is -0.197. The van der Waals surface area contributed by atoms with Gasteiger partial charge in [-0.05, 0) is 44.0 Å². The average Bonchev–Trinajstić information content (AvgIpc) is 2.90. The van der Waals surface area contributed by atoms with Crippen LogP contribution >= 0.6 is 11.3 Å². The number of rotatable bonds is 6. The SMILES string of the molecule is CCCc1cc(C(=O)N(C)CC(=O)Nc2ccc(C)cc2)sc1C. The average molecular weight is 344 g/mol. The number of anilines is 1. The van der Waals surface area contributed by atoms with E-state index in [1.807, 2.05) is 44.2 Å². The first-order chi connectivity index (χ1) is 11.4. The molecule has 0 bridgehead atoms. The van der Waals surface area contributed by atoms with Crippen molar-refractivity contribution in [2.24, 2.45) is 0 Å². The molecular formula is C19H24N2O2S. The highest BCUT2D eigenvalue weighted by molar-refractivity contribution is 7.14. The van der Waals surface area contributed by atoms with Crippen molar-refractivity contribution in [3.8, 4) is 0 Å². The Kier molecular flexibility index (Phi) is 6.15. The molecule has 4 nitrogen and oxygen atoms in total. The summed E-state index contributed by atoms with van der Waals surface area (Å²) in [4.78, 5) is 28.0. The molecule has 2 aromatic rings. The molecule has 0 saturated heterocycles. The topological polar surface area (TPSA) is 49.4 Å². The Bertz CT molecular complexity index is 719. The summed E-state index contributed by atoms with van der Waals surface area (Å²) in [6, 6.07) is 9.55. The molecule has 0 atom stereocenters. The fourth-order valence-corrected chi connectivity index (χ4v) is 3.52. The highest BCUT2D eigenvalue weighted by atomic mass is 32.1. The number of carbonyl (C=O) groups is 2. The van der Waals surface area contributed by atoms with Crippen LogP contribution < -0.4 is 5.32 Å². The monoisotopic (exact) mass is 344 g/mol. The molecule has 1 heterocycles. The first kappa shape index (κ1) is 18.2.